The number of aromatic nitrogens is 1. The average Bonchev–Trinajstić information content (AvgIpc) is 2.07. The van der Waals surface area contributed by atoms with Gasteiger partial charge in [-0.3, -0.25) is 4.98 Å². The van der Waals surface area contributed by atoms with Gasteiger partial charge in [0, 0.05) is 6.04 Å². The molecule has 3 nitrogen and oxygen atoms in total. The number of aryl methyl sites for hydroxylation is 1. The van der Waals surface area contributed by atoms with Crippen LogP contribution in [0.4, 0.5) is 0 Å². The largest absolute Gasteiger partial charge is 0.506 e. The third kappa shape index (κ3) is 1.18. The van der Waals surface area contributed by atoms with Gasteiger partial charge in [0.2, 0.25) is 0 Å². The third-order valence-corrected chi connectivity index (χ3v) is 0.992. The molecule has 0 radical (unpaired) electrons. The second-order valence-electron chi connectivity index (χ2n) is 1.71. The number of nitrogens with zero attached hydrogens (tertiary/aromatic N) is 1. The molecular weight excluding hydrogens is 130 g/mol. The SMILES string of the molecule is [2H]c1nc(C)c(OC([2H])([2H])[2H])c([2H])c1O. The predicted octanol–water partition coefficient (Wildman–Crippen LogP) is 1.10. The van der Waals surface area contributed by atoms with Crippen LogP contribution in [0.5, 0.6) is 11.5 Å². The summed E-state index contributed by atoms with van der Waals surface area (Å²) in [5, 5.41) is 9.21. The highest BCUT2D eigenvalue weighted by molar-refractivity contribution is 5.32. The Kier molecular flexibility index (Phi) is 0.711. The lowest BCUT2D eigenvalue weighted by Crippen LogP contribution is -1.88. The fraction of sp³-hybridized carbons (Fsp3) is 0.286. The van der Waals surface area contributed by atoms with Crippen molar-refractivity contribution in [2.45, 2.75) is 6.92 Å². The van der Waals surface area contributed by atoms with Crippen molar-refractivity contribution in [3.8, 4) is 11.5 Å². The molecule has 1 N–H and O–H groups in total. The van der Waals surface area contributed by atoms with Crippen molar-refractivity contribution >= 4 is 0 Å². The molecule has 10 heavy (non-hydrogen) atoms. The predicted molar refractivity (Wildman–Crippen MR) is 37.2 cm³/mol. The first-order chi connectivity index (χ1) is 6.72. The Morgan fingerprint density at radius 1 is 1.90 bits per heavy atom. The lowest BCUT2D eigenvalue weighted by Gasteiger charge is -2.01. The Hall–Kier alpha value is -1.25. The molecule has 0 aliphatic carbocycles. The Labute approximate surface area is 66.3 Å². The molecule has 0 amide bonds. The molecular formula is C7H9NO2. The lowest BCUT2D eigenvalue weighted by atomic mass is 10.3. The van der Waals surface area contributed by atoms with Crippen LogP contribution in [0.1, 0.15) is 12.5 Å². The first-order valence-electron chi connectivity index (χ1n) is 5.08. The van der Waals surface area contributed by atoms with Crippen LogP contribution in [-0.4, -0.2) is 17.1 Å². The summed E-state index contributed by atoms with van der Waals surface area (Å²) in [4.78, 5) is 3.54. The number of ether oxygens (including phenoxy) is 1. The van der Waals surface area contributed by atoms with Gasteiger partial charge in [-0.15, -0.1) is 0 Å². The topological polar surface area (TPSA) is 42.4 Å². The first kappa shape index (κ1) is 2.78. The van der Waals surface area contributed by atoms with Crippen molar-refractivity contribution in [1.29, 1.82) is 0 Å². The van der Waals surface area contributed by atoms with Gasteiger partial charge in [-0.2, -0.15) is 0 Å². The van der Waals surface area contributed by atoms with Crippen molar-refractivity contribution in [2.24, 2.45) is 0 Å². The van der Waals surface area contributed by atoms with Crippen LogP contribution in [0.25, 0.3) is 0 Å². The second-order valence-corrected chi connectivity index (χ2v) is 1.71. The number of hydrogen-bond donors (Lipinski definition) is 1. The van der Waals surface area contributed by atoms with Crippen LogP contribution in [0.3, 0.4) is 0 Å². The molecule has 1 heterocycles. The zero-order valence-corrected chi connectivity index (χ0v) is 5.30. The zero-order chi connectivity index (χ0) is 11.8. The monoisotopic (exact) mass is 144 g/mol. The summed E-state index contributed by atoms with van der Waals surface area (Å²) in [5.74, 6) is -1.02. The van der Waals surface area contributed by atoms with Crippen molar-refractivity contribution in [3.63, 3.8) is 0 Å². The van der Waals surface area contributed by atoms with E-state index in [9.17, 15) is 5.11 Å². The Morgan fingerprint density at radius 3 is 3.40 bits per heavy atom. The van der Waals surface area contributed by atoms with Crippen LogP contribution >= 0.6 is 0 Å². The summed E-state index contributed by atoms with van der Waals surface area (Å²) in [6.07, 6.45) is -0.476. The van der Waals surface area contributed by atoms with E-state index in [0.29, 0.717) is 0 Å². The van der Waals surface area contributed by atoms with Crippen LogP contribution < -0.4 is 4.74 Å². The molecule has 3 heteroatoms. The van der Waals surface area contributed by atoms with Crippen LogP contribution in [0.2, 0.25) is 0 Å². The smallest absolute Gasteiger partial charge is 0.143 e. The summed E-state index contributed by atoms with van der Waals surface area (Å²) < 4.78 is 39.6. The van der Waals surface area contributed by atoms with Crippen LogP contribution in [-0.2, 0) is 0 Å². The zero-order valence-electron chi connectivity index (χ0n) is 10.3. The fourth-order valence-electron chi connectivity index (χ4n) is 0.513. The summed E-state index contributed by atoms with van der Waals surface area (Å²) in [6.45, 7) is 1.40. The maximum Gasteiger partial charge on any atom is 0.143 e. The van der Waals surface area contributed by atoms with E-state index in [4.69, 9.17) is 6.85 Å². The quantitative estimate of drug-likeness (QED) is 0.641. The molecule has 0 spiro atoms. The maximum atomic E-state index is 9.21. The molecule has 1 rings (SSSR count). The lowest BCUT2D eigenvalue weighted by molar-refractivity contribution is 0.401. The summed E-state index contributed by atoms with van der Waals surface area (Å²) in [5.41, 5.74) is 0.0823. The Balaban J connectivity index is 3.24. The molecule has 0 fully saturated rings. The first-order valence-corrected chi connectivity index (χ1v) is 2.58. The van der Waals surface area contributed by atoms with E-state index in [-0.39, 0.29) is 11.4 Å². The normalized spacial score (nSPS) is 17.9. The molecule has 0 unspecified atom stereocenters. The molecule has 1 aromatic rings. The standard InChI is InChI=1S/C7H9NO2/c1-5-7(10-2)3-6(9)4-8-5/h3-4,9H,1-2H3/i2D3,3D,4D. The molecule has 0 saturated heterocycles. The van der Waals surface area contributed by atoms with E-state index in [0.717, 1.165) is 0 Å². The highest BCUT2D eigenvalue weighted by Gasteiger charge is 1.98. The molecule has 0 aliphatic heterocycles. The number of pyridine rings is 1. The molecule has 0 atom stereocenters. The van der Waals surface area contributed by atoms with E-state index >= 15 is 0 Å². The molecule has 0 saturated carbocycles. The fourth-order valence-corrected chi connectivity index (χ4v) is 0.513. The van der Waals surface area contributed by atoms with E-state index < -0.39 is 25.0 Å². The molecule has 1 aromatic heterocycles. The van der Waals surface area contributed by atoms with E-state index in [2.05, 4.69) is 9.72 Å². The van der Waals surface area contributed by atoms with Crippen molar-refractivity contribution < 1.29 is 16.7 Å². The van der Waals surface area contributed by atoms with E-state index in [1.807, 2.05) is 0 Å². The van der Waals surface area contributed by atoms with Gasteiger partial charge >= 0.3 is 0 Å². The van der Waals surface area contributed by atoms with Crippen LogP contribution in [0.15, 0.2) is 12.2 Å². The molecule has 0 bridgehead atoms. The number of methoxy groups -OCH3 is 1. The van der Waals surface area contributed by atoms with Gasteiger partial charge < -0.3 is 9.84 Å². The Bertz CT molecular complexity index is 390. The maximum absolute atomic E-state index is 9.21. The van der Waals surface area contributed by atoms with Gasteiger partial charge in [-0.1, -0.05) is 0 Å². The minimum absolute atomic E-state index is 0.0823. The molecule has 0 aliphatic rings. The number of rotatable bonds is 1. The van der Waals surface area contributed by atoms with Crippen molar-refractivity contribution in [1.82, 2.24) is 4.98 Å². The van der Waals surface area contributed by atoms with Crippen LogP contribution in [0, 0.1) is 6.92 Å². The van der Waals surface area contributed by atoms with Gasteiger partial charge in [0.1, 0.15) is 11.5 Å². The van der Waals surface area contributed by atoms with Gasteiger partial charge in [0.05, 0.1) is 25.8 Å². The highest BCUT2D eigenvalue weighted by atomic mass is 16.5. The van der Waals surface area contributed by atoms with Gasteiger partial charge in [-0.05, 0) is 6.92 Å². The second kappa shape index (κ2) is 2.56. The average molecular weight is 144 g/mol. The van der Waals surface area contributed by atoms with Crippen molar-refractivity contribution in [2.75, 3.05) is 7.04 Å². The number of hydrogen-bond acceptors (Lipinski definition) is 3. The summed E-state index contributed by atoms with van der Waals surface area (Å²) in [7, 11) is -2.71. The van der Waals surface area contributed by atoms with Gasteiger partial charge in [0.25, 0.3) is 0 Å². The van der Waals surface area contributed by atoms with E-state index in [1.54, 1.807) is 0 Å². The molecule has 54 valence electrons. The van der Waals surface area contributed by atoms with Crippen molar-refractivity contribution in [3.05, 3.63) is 17.9 Å². The Morgan fingerprint density at radius 2 is 2.70 bits per heavy atom. The minimum atomic E-state index is -2.71. The minimum Gasteiger partial charge on any atom is -0.506 e. The summed E-state index contributed by atoms with van der Waals surface area (Å²) in [6, 6.07) is -0.538. The third-order valence-electron chi connectivity index (χ3n) is 0.992. The highest BCUT2D eigenvalue weighted by Crippen LogP contribution is 2.19. The molecule has 0 aromatic carbocycles. The number of aromatic hydroxyl groups is 1. The summed E-state index contributed by atoms with van der Waals surface area (Å²) >= 11 is 0. The van der Waals surface area contributed by atoms with E-state index in [1.165, 1.54) is 6.92 Å². The van der Waals surface area contributed by atoms with Gasteiger partial charge in [-0.25, -0.2) is 0 Å². The van der Waals surface area contributed by atoms with Gasteiger partial charge in [0.15, 0.2) is 0 Å².